The van der Waals surface area contributed by atoms with Gasteiger partial charge in [0.05, 0.1) is 5.41 Å². The fourth-order valence-electron chi connectivity index (χ4n) is 2.52. The molecule has 1 nitrogen and oxygen atoms in total. The van der Waals surface area contributed by atoms with Crippen LogP contribution in [-0.2, 0) is 10.2 Å². The maximum atomic E-state index is 12.0. The van der Waals surface area contributed by atoms with Crippen LogP contribution in [0.3, 0.4) is 0 Å². The van der Waals surface area contributed by atoms with Gasteiger partial charge in [-0.1, -0.05) is 43.0 Å². The van der Waals surface area contributed by atoms with Crippen LogP contribution in [0.15, 0.2) is 24.3 Å². The summed E-state index contributed by atoms with van der Waals surface area (Å²) < 4.78 is 0.270. The number of carbonyl (C=O) groups excluding carboxylic acids is 1. The Hall–Kier alpha value is -0.0900. The van der Waals surface area contributed by atoms with Gasteiger partial charge >= 0.3 is 0 Å². The molecule has 0 saturated heterocycles. The van der Waals surface area contributed by atoms with Crippen LogP contribution in [0.1, 0.15) is 37.7 Å². The van der Waals surface area contributed by atoms with Crippen molar-refractivity contribution in [1.82, 2.24) is 0 Å². The maximum absolute atomic E-state index is 12.0. The van der Waals surface area contributed by atoms with Gasteiger partial charge in [-0.25, -0.2) is 0 Å². The average Bonchev–Trinajstić information content (AvgIpc) is 2.30. The van der Waals surface area contributed by atoms with E-state index >= 15 is 0 Å². The fourth-order valence-corrected chi connectivity index (χ4v) is 3.50. The van der Waals surface area contributed by atoms with Gasteiger partial charge in [-0.15, -0.1) is 0 Å². The topological polar surface area (TPSA) is 17.1 Å². The summed E-state index contributed by atoms with van der Waals surface area (Å²) in [6.45, 7) is 0. The first-order valence-corrected chi connectivity index (χ1v) is 7.07. The van der Waals surface area contributed by atoms with E-state index in [0.29, 0.717) is 0 Å². The second kappa shape index (κ2) is 5.05. The molecule has 0 bridgehead atoms. The maximum Gasteiger partial charge on any atom is 0.202 e. The molecule has 0 unspecified atom stereocenters. The van der Waals surface area contributed by atoms with Gasteiger partial charge in [0.15, 0.2) is 0 Å². The molecule has 0 spiro atoms. The van der Waals surface area contributed by atoms with Gasteiger partial charge in [0.25, 0.3) is 0 Å². The van der Waals surface area contributed by atoms with Gasteiger partial charge in [-0.2, -0.15) is 0 Å². The highest BCUT2D eigenvalue weighted by molar-refractivity contribution is 14.1. The summed E-state index contributed by atoms with van der Waals surface area (Å²) in [5.74, 6) is 0. The van der Waals surface area contributed by atoms with E-state index in [-0.39, 0.29) is 9.20 Å². The van der Waals surface area contributed by atoms with Crippen molar-refractivity contribution < 1.29 is 4.79 Å². The molecule has 0 aromatic heterocycles. The lowest BCUT2D eigenvalue weighted by Crippen LogP contribution is -2.34. The predicted molar refractivity (Wildman–Crippen MR) is 75.2 cm³/mol. The molecule has 16 heavy (non-hydrogen) atoms. The standard InChI is InChI=1S/C13H14ClIO/c14-11-6-4-10(5-7-11)13(12(15)16)8-2-1-3-9-13/h4-7H,1-3,8-9H2. The molecule has 3 heteroatoms. The first kappa shape index (κ1) is 12.4. The summed E-state index contributed by atoms with van der Waals surface area (Å²) in [6, 6.07) is 7.77. The summed E-state index contributed by atoms with van der Waals surface area (Å²) in [4.78, 5) is 12.0. The van der Waals surface area contributed by atoms with E-state index in [1.807, 2.05) is 46.9 Å². The summed E-state index contributed by atoms with van der Waals surface area (Å²) in [5, 5.41) is 0.732. The van der Waals surface area contributed by atoms with Crippen molar-refractivity contribution in [1.29, 1.82) is 0 Å². The minimum absolute atomic E-state index is 0.247. The molecule has 0 radical (unpaired) electrons. The third kappa shape index (κ3) is 2.28. The molecule has 2 rings (SSSR count). The number of hydrogen-bond acceptors (Lipinski definition) is 1. The minimum atomic E-state index is -0.247. The molecule has 0 N–H and O–H groups in total. The lowest BCUT2D eigenvalue weighted by Gasteiger charge is -2.34. The molecule has 1 aliphatic carbocycles. The van der Waals surface area contributed by atoms with E-state index in [4.69, 9.17) is 11.6 Å². The molecule has 1 aliphatic rings. The normalized spacial score (nSPS) is 19.4. The molecule has 0 heterocycles. The third-order valence-corrected chi connectivity index (χ3v) is 4.76. The Morgan fingerprint density at radius 2 is 1.69 bits per heavy atom. The molecule has 1 aromatic carbocycles. The first-order chi connectivity index (χ1) is 7.65. The quantitative estimate of drug-likeness (QED) is 0.568. The monoisotopic (exact) mass is 348 g/mol. The number of benzene rings is 1. The van der Waals surface area contributed by atoms with Crippen LogP contribution in [0.4, 0.5) is 0 Å². The highest BCUT2D eigenvalue weighted by Crippen LogP contribution is 2.42. The number of rotatable bonds is 2. The van der Waals surface area contributed by atoms with Gasteiger partial charge < -0.3 is 0 Å². The second-order valence-corrected chi connectivity index (χ2v) is 5.84. The minimum Gasteiger partial charge on any atom is -0.287 e. The first-order valence-electron chi connectivity index (χ1n) is 5.61. The highest BCUT2D eigenvalue weighted by atomic mass is 127. The lowest BCUT2D eigenvalue weighted by atomic mass is 9.70. The van der Waals surface area contributed by atoms with E-state index in [0.717, 1.165) is 36.3 Å². The summed E-state index contributed by atoms with van der Waals surface area (Å²) in [5.41, 5.74) is 0.889. The van der Waals surface area contributed by atoms with Crippen LogP contribution < -0.4 is 0 Å². The van der Waals surface area contributed by atoms with Crippen molar-refractivity contribution in [3.8, 4) is 0 Å². The molecule has 1 fully saturated rings. The Morgan fingerprint density at radius 3 is 2.19 bits per heavy atom. The number of carbonyl (C=O) groups is 1. The molecule has 0 aliphatic heterocycles. The average molecular weight is 349 g/mol. The molecule has 0 amide bonds. The summed E-state index contributed by atoms with van der Waals surface area (Å²) >= 11 is 7.84. The fraction of sp³-hybridized carbons (Fsp3) is 0.462. The molecular weight excluding hydrogens is 334 g/mol. The molecule has 86 valence electrons. The Bertz CT molecular complexity index is 379. The number of halogens is 2. The zero-order valence-electron chi connectivity index (χ0n) is 9.01. The number of hydrogen-bond donors (Lipinski definition) is 0. The zero-order valence-corrected chi connectivity index (χ0v) is 11.9. The van der Waals surface area contributed by atoms with Gasteiger partial charge in [0, 0.05) is 27.6 Å². The molecule has 1 aromatic rings. The zero-order chi connectivity index (χ0) is 11.6. The predicted octanol–water partition coefficient (Wildman–Crippen LogP) is 4.50. The lowest BCUT2D eigenvalue weighted by molar-refractivity contribution is -0.115. The van der Waals surface area contributed by atoms with Crippen molar-refractivity contribution in [2.24, 2.45) is 0 Å². The highest BCUT2D eigenvalue weighted by Gasteiger charge is 2.39. The third-order valence-electron chi connectivity index (χ3n) is 3.48. The van der Waals surface area contributed by atoms with E-state index in [2.05, 4.69) is 0 Å². The Morgan fingerprint density at radius 1 is 1.12 bits per heavy atom. The Balaban J connectivity index is 2.38. The van der Waals surface area contributed by atoms with Gasteiger partial charge in [-0.05, 0) is 30.5 Å². The van der Waals surface area contributed by atoms with Crippen LogP contribution >= 0.6 is 34.2 Å². The van der Waals surface area contributed by atoms with Gasteiger partial charge in [-0.3, -0.25) is 4.79 Å². The van der Waals surface area contributed by atoms with Crippen molar-refractivity contribution in [2.75, 3.05) is 0 Å². The second-order valence-electron chi connectivity index (χ2n) is 4.42. The summed E-state index contributed by atoms with van der Waals surface area (Å²) in [6.07, 6.45) is 5.51. The van der Waals surface area contributed by atoms with E-state index in [1.165, 1.54) is 6.42 Å². The van der Waals surface area contributed by atoms with Crippen LogP contribution in [0.25, 0.3) is 0 Å². The largest absolute Gasteiger partial charge is 0.287 e. The van der Waals surface area contributed by atoms with Crippen LogP contribution in [0.2, 0.25) is 5.02 Å². The van der Waals surface area contributed by atoms with E-state index in [9.17, 15) is 4.79 Å². The Labute approximate surface area is 115 Å². The van der Waals surface area contributed by atoms with E-state index < -0.39 is 0 Å². The molecular formula is C13H14ClIO. The van der Waals surface area contributed by atoms with Crippen LogP contribution in [0, 0.1) is 0 Å². The SMILES string of the molecule is O=C(I)C1(c2ccc(Cl)cc2)CCCCC1. The van der Waals surface area contributed by atoms with Gasteiger partial charge in [0.2, 0.25) is 3.79 Å². The smallest absolute Gasteiger partial charge is 0.202 e. The Kier molecular flexibility index (Phi) is 3.90. The molecule has 0 atom stereocenters. The van der Waals surface area contributed by atoms with Crippen LogP contribution in [0.5, 0.6) is 0 Å². The van der Waals surface area contributed by atoms with Crippen molar-refractivity contribution in [3.63, 3.8) is 0 Å². The van der Waals surface area contributed by atoms with Crippen molar-refractivity contribution in [3.05, 3.63) is 34.9 Å². The van der Waals surface area contributed by atoms with Crippen LogP contribution in [-0.4, -0.2) is 3.79 Å². The van der Waals surface area contributed by atoms with Gasteiger partial charge in [0.1, 0.15) is 0 Å². The van der Waals surface area contributed by atoms with E-state index in [1.54, 1.807) is 0 Å². The van der Waals surface area contributed by atoms with Crippen molar-refractivity contribution >= 4 is 38.0 Å². The van der Waals surface area contributed by atoms with Crippen molar-refractivity contribution in [2.45, 2.75) is 37.5 Å². The summed E-state index contributed by atoms with van der Waals surface area (Å²) in [7, 11) is 0. The molecule has 1 saturated carbocycles.